The second-order valence-corrected chi connectivity index (χ2v) is 6.77. The number of carbonyl (C=O) groups is 1. The van der Waals surface area contributed by atoms with Gasteiger partial charge in [0.15, 0.2) is 29.6 Å². The molecule has 34 heavy (non-hydrogen) atoms. The standard InChI is InChI=1S/C18H22F4N4O8/c19-10-9(11(20)13(22)14(12(10)21)25-26-23)17(30)24-1-2-31-3-4-32-5-6-33-18-16(29)15(28)8(27)7-34-18/h8,15-16,18,27-29H,1-7H2,(H,24,30)/t8-,15-,16?,18+/m0/s1. The fourth-order valence-corrected chi connectivity index (χ4v) is 2.75. The summed E-state index contributed by atoms with van der Waals surface area (Å²) < 4.78 is 75.8. The minimum absolute atomic E-state index is 0.00329. The third-order valence-electron chi connectivity index (χ3n) is 4.48. The molecule has 16 heteroatoms. The maximum Gasteiger partial charge on any atom is 0.257 e. The Morgan fingerprint density at radius 2 is 1.59 bits per heavy atom. The zero-order chi connectivity index (χ0) is 25.3. The number of halogens is 4. The number of rotatable bonds is 12. The van der Waals surface area contributed by atoms with E-state index < -0.39 is 65.0 Å². The van der Waals surface area contributed by atoms with Crippen molar-refractivity contribution >= 4 is 11.6 Å². The van der Waals surface area contributed by atoms with Gasteiger partial charge in [-0.15, -0.1) is 0 Å². The molecule has 1 saturated heterocycles. The Balaban J connectivity index is 1.62. The summed E-state index contributed by atoms with van der Waals surface area (Å²) >= 11 is 0. The van der Waals surface area contributed by atoms with Crippen molar-refractivity contribution in [2.24, 2.45) is 5.11 Å². The van der Waals surface area contributed by atoms with Crippen molar-refractivity contribution in [3.05, 3.63) is 39.3 Å². The number of ether oxygens (including phenoxy) is 4. The van der Waals surface area contributed by atoms with E-state index in [0.29, 0.717) is 0 Å². The van der Waals surface area contributed by atoms with E-state index in [9.17, 15) is 37.7 Å². The van der Waals surface area contributed by atoms with Crippen LogP contribution in [0.2, 0.25) is 0 Å². The zero-order valence-electron chi connectivity index (χ0n) is 17.5. The molecule has 1 aromatic rings. The van der Waals surface area contributed by atoms with Crippen molar-refractivity contribution in [2.75, 3.05) is 46.2 Å². The van der Waals surface area contributed by atoms with E-state index in [1.807, 2.05) is 5.32 Å². The van der Waals surface area contributed by atoms with Gasteiger partial charge in [-0.3, -0.25) is 4.79 Å². The van der Waals surface area contributed by atoms with Crippen molar-refractivity contribution in [1.82, 2.24) is 5.32 Å². The molecule has 1 aromatic carbocycles. The van der Waals surface area contributed by atoms with E-state index in [0.717, 1.165) is 0 Å². The molecule has 1 fully saturated rings. The molecule has 0 spiro atoms. The molecule has 4 atom stereocenters. The van der Waals surface area contributed by atoms with Gasteiger partial charge in [0, 0.05) is 11.5 Å². The molecular weight excluding hydrogens is 476 g/mol. The van der Waals surface area contributed by atoms with Crippen LogP contribution >= 0.6 is 0 Å². The summed E-state index contributed by atoms with van der Waals surface area (Å²) in [5, 5.41) is 33.1. The average Bonchev–Trinajstić information content (AvgIpc) is 2.81. The van der Waals surface area contributed by atoms with Crippen molar-refractivity contribution in [3.8, 4) is 0 Å². The third-order valence-corrected chi connectivity index (χ3v) is 4.48. The lowest BCUT2D eigenvalue weighted by molar-refractivity contribution is -0.271. The first-order valence-electron chi connectivity index (χ1n) is 9.82. The molecule has 12 nitrogen and oxygen atoms in total. The number of azide groups is 1. The van der Waals surface area contributed by atoms with Crippen LogP contribution in [0, 0.1) is 23.3 Å². The number of nitrogens with zero attached hydrogens (tertiary/aromatic N) is 3. The summed E-state index contributed by atoms with van der Waals surface area (Å²) in [6.45, 7) is -0.357. The largest absolute Gasteiger partial charge is 0.388 e. The van der Waals surface area contributed by atoms with Crippen LogP contribution in [0.1, 0.15) is 10.4 Å². The molecule has 0 radical (unpaired) electrons. The molecule has 0 bridgehead atoms. The van der Waals surface area contributed by atoms with Crippen LogP contribution in [0.4, 0.5) is 23.2 Å². The number of amides is 1. The molecule has 1 aliphatic heterocycles. The molecule has 1 unspecified atom stereocenters. The van der Waals surface area contributed by atoms with Gasteiger partial charge in [-0.2, -0.15) is 0 Å². The smallest absolute Gasteiger partial charge is 0.257 e. The van der Waals surface area contributed by atoms with Crippen LogP contribution in [0.5, 0.6) is 0 Å². The van der Waals surface area contributed by atoms with Gasteiger partial charge in [0.2, 0.25) is 0 Å². The number of aliphatic hydroxyl groups is 3. The van der Waals surface area contributed by atoms with E-state index in [1.165, 1.54) is 0 Å². The van der Waals surface area contributed by atoms with Crippen LogP contribution < -0.4 is 5.32 Å². The normalized spacial score (nSPS) is 22.3. The van der Waals surface area contributed by atoms with E-state index in [4.69, 9.17) is 24.5 Å². The van der Waals surface area contributed by atoms with Gasteiger partial charge in [0.1, 0.15) is 29.6 Å². The van der Waals surface area contributed by atoms with Crippen LogP contribution in [0.15, 0.2) is 5.11 Å². The first-order chi connectivity index (χ1) is 16.2. The Morgan fingerprint density at radius 1 is 1.00 bits per heavy atom. The molecule has 0 aromatic heterocycles. The van der Waals surface area contributed by atoms with E-state index in [-0.39, 0.29) is 46.2 Å². The van der Waals surface area contributed by atoms with Gasteiger partial charge in [-0.05, 0) is 5.53 Å². The highest BCUT2D eigenvalue weighted by atomic mass is 19.2. The molecule has 0 aliphatic carbocycles. The van der Waals surface area contributed by atoms with Gasteiger partial charge >= 0.3 is 0 Å². The second kappa shape index (κ2) is 13.4. The van der Waals surface area contributed by atoms with Gasteiger partial charge in [-0.25, -0.2) is 17.6 Å². The number of hydrogen-bond acceptors (Lipinski definition) is 9. The summed E-state index contributed by atoms with van der Waals surface area (Å²) in [4.78, 5) is 13.9. The predicted molar refractivity (Wildman–Crippen MR) is 103 cm³/mol. The molecule has 1 amide bonds. The fraction of sp³-hybridized carbons (Fsp3) is 0.611. The van der Waals surface area contributed by atoms with Crippen molar-refractivity contribution in [2.45, 2.75) is 24.6 Å². The quantitative estimate of drug-likeness (QED) is 0.0800. The third kappa shape index (κ3) is 6.97. The lowest BCUT2D eigenvalue weighted by Crippen LogP contribution is -2.53. The Kier molecular flexibility index (Phi) is 10.9. The highest BCUT2D eigenvalue weighted by Crippen LogP contribution is 2.30. The van der Waals surface area contributed by atoms with E-state index in [1.54, 1.807) is 0 Å². The number of hydrogen-bond donors (Lipinski definition) is 4. The van der Waals surface area contributed by atoms with E-state index >= 15 is 0 Å². The maximum atomic E-state index is 13.9. The molecule has 4 N–H and O–H groups in total. The minimum Gasteiger partial charge on any atom is -0.388 e. The summed E-state index contributed by atoms with van der Waals surface area (Å²) in [6, 6.07) is 0. The van der Waals surface area contributed by atoms with Crippen LogP contribution in [-0.4, -0.2) is 92.0 Å². The van der Waals surface area contributed by atoms with Crippen molar-refractivity contribution < 1.29 is 56.6 Å². The van der Waals surface area contributed by atoms with Crippen molar-refractivity contribution in [3.63, 3.8) is 0 Å². The van der Waals surface area contributed by atoms with Crippen molar-refractivity contribution in [1.29, 1.82) is 0 Å². The lowest BCUT2D eigenvalue weighted by atomic mass is 10.1. The highest BCUT2D eigenvalue weighted by Gasteiger charge is 2.38. The monoisotopic (exact) mass is 498 g/mol. The summed E-state index contributed by atoms with van der Waals surface area (Å²) in [6.07, 6.45) is -5.13. The molecule has 190 valence electrons. The number of carbonyl (C=O) groups excluding carboxylic acids is 1. The molecule has 1 aliphatic rings. The first kappa shape index (κ1) is 27.7. The average molecular weight is 498 g/mol. The zero-order valence-corrected chi connectivity index (χ0v) is 17.5. The van der Waals surface area contributed by atoms with Crippen LogP contribution in [0.25, 0.3) is 10.4 Å². The summed E-state index contributed by atoms with van der Waals surface area (Å²) in [5.74, 6) is -9.46. The Morgan fingerprint density at radius 3 is 2.21 bits per heavy atom. The SMILES string of the molecule is [N-]=[N+]=Nc1c(F)c(F)c(C(=O)NCCOCCOCCO[C@@H]2OC[C@H](O)[C@H](O)C2O)c(F)c1F. The number of aliphatic hydroxyl groups excluding tert-OH is 3. The maximum absolute atomic E-state index is 13.9. The second-order valence-electron chi connectivity index (χ2n) is 6.77. The Bertz CT molecular complexity index is 876. The summed E-state index contributed by atoms with van der Waals surface area (Å²) in [5.41, 5.74) is 5.16. The molecular formula is C18H22F4N4O8. The molecule has 0 saturated carbocycles. The van der Waals surface area contributed by atoms with Gasteiger partial charge < -0.3 is 39.6 Å². The first-order valence-corrected chi connectivity index (χ1v) is 9.82. The van der Waals surface area contributed by atoms with E-state index in [2.05, 4.69) is 10.0 Å². The molecule has 1 heterocycles. The predicted octanol–water partition coefficient (Wildman–Crippen LogP) is 0.403. The van der Waals surface area contributed by atoms with Crippen LogP contribution in [0.3, 0.4) is 0 Å². The van der Waals surface area contributed by atoms with Gasteiger partial charge in [-0.1, -0.05) is 5.11 Å². The fourth-order valence-electron chi connectivity index (χ4n) is 2.75. The van der Waals surface area contributed by atoms with Crippen LogP contribution in [-0.2, 0) is 18.9 Å². The van der Waals surface area contributed by atoms with Gasteiger partial charge in [0.05, 0.1) is 39.6 Å². The number of nitrogens with one attached hydrogen (secondary N) is 1. The minimum atomic E-state index is -2.01. The van der Waals surface area contributed by atoms with Gasteiger partial charge in [0.25, 0.3) is 5.91 Å². The summed E-state index contributed by atoms with van der Waals surface area (Å²) in [7, 11) is 0. The molecule has 2 rings (SSSR count). The Hall–Kier alpha value is -2.56. The Labute approximate surface area is 189 Å². The highest BCUT2D eigenvalue weighted by molar-refractivity contribution is 5.95. The number of benzene rings is 1. The topological polar surface area (TPSA) is 175 Å². The lowest BCUT2D eigenvalue weighted by Gasteiger charge is -2.34.